The number of nitriles is 4. The van der Waals surface area contributed by atoms with Crippen molar-refractivity contribution in [3.8, 4) is 69.5 Å². The van der Waals surface area contributed by atoms with E-state index in [0.717, 1.165) is 26.2 Å². The number of rotatable bonds is 0. The van der Waals surface area contributed by atoms with Crippen molar-refractivity contribution in [1.29, 1.82) is 21.0 Å². The molecule has 0 spiro atoms. The zero-order valence-corrected chi connectivity index (χ0v) is 70.1. The first-order valence-electron chi connectivity index (χ1n) is 35.9. The average Bonchev–Trinajstić information content (AvgIpc) is 0.798. The van der Waals surface area contributed by atoms with Gasteiger partial charge in [-0.3, -0.25) is 0 Å². The van der Waals surface area contributed by atoms with Crippen LogP contribution in [0.1, 0.15) is 82.1 Å². The van der Waals surface area contributed by atoms with Gasteiger partial charge in [0.15, 0.2) is 98.8 Å². The van der Waals surface area contributed by atoms with Crippen molar-refractivity contribution in [2.75, 3.05) is 79.3 Å². The van der Waals surface area contributed by atoms with Crippen molar-refractivity contribution in [2.24, 2.45) is 0 Å². The Morgan fingerprint density at radius 1 is 0.270 bits per heavy atom. The standard InChI is InChI=1S/C36H32N4.C33H37NO12.4C2H3N.4F6P/c1-2-30-4-3-29(1)25-37-17-9-33(10-18-37)35-13-21-39(22-14-35)27-31-5-7-32(8-6-31)28-40-23-15-36(16-24-40)34-11-19-38(26-30)20-12-34;35-32-26-2-1-3-27(34-26)33(36)46-23-25-5-7-29-31(21-25)44-19-15-40-11-10-39-14-18-43-30-20-24(22-45-32)4-6-28(30)41-16-12-37-8-9-38-13-17-42-29;4*1-2-3;4*1-7(2,3,4,5)6/h1-24H,25-28H2;1-7,20-21H,8-19,22-23H2;4*1H3;;;;/q+4;;;;;;4*-1. The topological polar surface area (TPSA) is 250 Å². The van der Waals surface area contributed by atoms with Crippen LogP contribution in [0.15, 0.2) is 201 Å². The second kappa shape index (κ2) is 44.2. The number of nitrogens with zero attached hydrogens (tertiary/aromatic N) is 9. The molecule has 21 nitrogen and oxygen atoms in total. The largest absolute Gasteiger partial charge is 0.487 e. The molecule has 0 atom stereocenters. The van der Waals surface area contributed by atoms with Gasteiger partial charge >= 0.3 is 144 Å². The Morgan fingerprint density at radius 2 is 0.452 bits per heavy atom. The molecule has 0 N–H and O–H groups in total. The second-order valence-corrected chi connectivity index (χ2v) is 33.0. The van der Waals surface area contributed by atoms with E-state index >= 15 is 0 Å². The SMILES string of the molecule is CC#N.CC#N.CC#N.CC#N.F[P-](F)(F)(F)(F)F.F[P-](F)(F)(F)(F)F.F[P-](F)(F)(F)(F)F.F[P-](F)(F)(F)(F)F.O=C1OCc2ccc3c(c2)OCCOCCOCCOc2cc(ccc2OCCOCCOCCO3)COC(=O)c2cccc1n2.c1cc2ccc1C[n+]1ccc(cc1)-c1cc[n+](cc1)Cc1ccc(cc1)C[n+]1ccc(cc1)-c1cc[n+](cc1)C2. The van der Waals surface area contributed by atoms with Crippen LogP contribution in [-0.2, 0) is 67.8 Å². The van der Waals surface area contributed by atoms with Crippen LogP contribution in [0.4, 0.5) is 101 Å². The summed E-state index contributed by atoms with van der Waals surface area (Å²) < 4.78 is 303. The summed E-state index contributed by atoms with van der Waals surface area (Å²) >= 11 is 0. The van der Waals surface area contributed by atoms with Crippen LogP contribution >= 0.6 is 31.2 Å². The van der Waals surface area contributed by atoms with Crippen molar-refractivity contribution in [3.05, 3.63) is 246 Å². The first kappa shape index (κ1) is 109. The fourth-order valence-corrected chi connectivity index (χ4v) is 9.71. The maximum Gasteiger partial charge on any atom is 0.357 e. The Morgan fingerprint density at radius 3 is 0.659 bits per heavy atom. The van der Waals surface area contributed by atoms with Crippen LogP contribution in [0.25, 0.3) is 22.3 Å². The van der Waals surface area contributed by atoms with Crippen LogP contribution in [0.2, 0.25) is 0 Å². The molecule has 23 heterocycles. The maximum absolute atomic E-state index is 12.8. The average molecular weight is 1900 g/mol. The number of halogens is 24. The molecule has 0 saturated carbocycles. The molecule has 27 rings (SSSR count). The van der Waals surface area contributed by atoms with Gasteiger partial charge < -0.3 is 47.4 Å². The van der Waals surface area contributed by atoms with Gasteiger partial charge in [0, 0.05) is 98.5 Å². The number of hydrogen-bond donors (Lipinski definition) is 0. The molecule has 4 aromatic carbocycles. The number of cyclic esters (lactones) is 2. The molecule has 0 saturated heterocycles. The van der Waals surface area contributed by atoms with Crippen molar-refractivity contribution in [3.63, 3.8) is 0 Å². The summed E-state index contributed by atoms with van der Waals surface area (Å²) in [6.07, 6.45) is 17.4. The van der Waals surface area contributed by atoms with E-state index in [9.17, 15) is 110 Å². The molecule has 0 fully saturated rings. The van der Waals surface area contributed by atoms with Crippen LogP contribution in [0, 0.1) is 45.3 Å². The molecule has 0 aliphatic carbocycles. The summed E-state index contributed by atoms with van der Waals surface area (Å²) in [4.78, 5) is 29.9. The van der Waals surface area contributed by atoms with E-state index < -0.39 is 43.2 Å². The molecule has 9 aromatic rings. The van der Waals surface area contributed by atoms with E-state index in [1.807, 2.05) is 0 Å². The smallest absolute Gasteiger partial charge is 0.357 e. The van der Waals surface area contributed by atoms with Gasteiger partial charge in [0.05, 0.1) is 77.1 Å². The van der Waals surface area contributed by atoms with Crippen LogP contribution in [-0.4, -0.2) is 96.2 Å². The minimum Gasteiger partial charge on any atom is -0.487 e. The van der Waals surface area contributed by atoms with Gasteiger partial charge in [-0.05, 0) is 69.8 Å². The van der Waals surface area contributed by atoms with E-state index in [-0.39, 0.29) is 51.0 Å². The van der Waals surface area contributed by atoms with E-state index in [2.05, 4.69) is 170 Å². The van der Waals surface area contributed by atoms with Crippen molar-refractivity contribution >= 4 is 43.2 Å². The summed E-state index contributed by atoms with van der Waals surface area (Å²) in [6.45, 7) is 12.9. The number of hydrogen-bond acceptors (Lipinski definition) is 17. The summed E-state index contributed by atoms with van der Waals surface area (Å²) in [6, 6.07) is 57.5. The third kappa shape index (κ3) is 60.2. The van der Waals surface area contributed by atoms with E-state index in [1.54, 1.807) is 60.7 Å². The van der Waals surface area contributed by atoms with Crippen molar-refractivity contribution < 1.29 is 176 Å². The predicted octanol–water partition coefficient (Wildman–Crippen LogP) is 23.7. The van der Waals surface area contributed by atoms with E-state index in [0.29, 0.717) is 87.0 Å². The number of ether oxygens (including phenoxy) is 10. The Labute approximate surface area is 704 Å². The summed E-state index contributed by atoms with van der Waals surface area (Å²) in [7, 11) is -42.6. The molecule has 694 valence electrons. The van der Waals surface area contributed by atoms with Crippen LogP contribution < -0.4 is 37.2 Å². The first-order valence-corrected chi connectivity index (χ1v) is 44.0. The molecule has 0 amide bonds. The quantitative estimate of drug-likeness (QED) is 0.0450. The van der Waals surface area contributed by atoms with Crippen molar-refractivity contribution in [2.45, 2.75) is 67.1 Å². The first-order chi connectivity index (χ1) is 57.8. The number of benzene rings is 4. The number of pyridine rings is 5. The third-order valence-corrected chi connectivity index (χ3v) is 14.3. The van der Waals surface area contributed by atoms with Gasteiger partial charge in [0.25, 0.3) is 0 Å². The van der Waals surface area contributed by atoms with Gasteiger partial charge in [0.2, 0.25) is 0 Å². The number of carbonyl (C=O) groups excluding carboxylic acids is 2. The summed E-state index contributed by atoms with van der Waals surface area (Å²) in [5.74, 6) is 0.522. The zero-order valence-electron chi connectivity index (χ0n) is 66.6. The molecule has 5 aromatic heterocycles. The monoisotopic (exact) mass is 1900 g/mol. The number of esters is 2. The Balaban J connectivity index is 0.000000457. The molecule has 0 radical (unpaired) electrons. The van der Waals surface area contributed by atoms with Gasteiger partial charge in [-0.25, -0.2) is 32.8 Å². The molecule has 0 unspecified atom stereocenters. The number of carbonyl (C=O) groups is 2. The third-order valence-electron chi connectivity index (χ3n) is 14.3. The van der Waals surface area contributed by atoms with Crippen LogP contribution in [0.3, 0.4) is 0 Å². The molecule has 18 aliphatic heterocycles. The van der Waals surface area contributed by atoms with Crippen molar-refractivity contribution in [1.82, 2.24) is 4.98 Å². The minimum absolute atomic E-state index is 0.0331. The number of fused-ring (bicyclic) bond motifs is 13. The summed E-state index contributed by atoms with van der Waals surface area (Å²) in [5, 5.41) is 29.3. The molecule has 49 heteroatoms. The Hall–Kier alpha value is -11.4. The fourth-order valence-electron chi connectivity index (χ4n) is 9.71. The molecule has 18 bridgehead atoms. The second-order valence-electron chi connectivity index (χ2n) is 25.4. The molecular formula is C77H81F24N9O12P4. The van der Waals surface area contributed by atoms with Gasteiger partial charge in [-0.2, -0.15) is 21.0 Å². The van der Waals surface area contributed by atoms with E-state index in [4.69, 9.17) is 68.4 Å². The van der Waals surface area contributed by atoms with Gasteiger partial charge in [-0.1, -0.05) is 66.7 Å². The van der Waals surface area contributed by atoms with Gasteiger partial charge in [0.1, 0.15) is 51.0 Å². The predicted molar refractivity (Wildman–Crippen MR) is 414 cm³/mol. The zero-order chi connectivity index (χ0) is 95.0. The Kier molecular flexibility index (Phi) is 38.1. The summed E-state index contributed by atoms with van der Waals surface area (Å²) in [5.41, 5.74) is 11.3. The van der Waals surface area contributed by atoms with Crippen LogP contribution in [0.5, 0.6) is 23.0 Å². The molecular weight excluding hydrogens is 1820 g/mol. The van der Waals surface area contributed by atoms with Gasteiger partial charge in [-0.15, -0.1) is 0 Å². The minimum atomic E-state index is -10.7. The molecule has 126 heavy (non-hydrogen) atoms. The maximum atomic E-state index is 12.8. The number of aromatic nitrogens is 5. The molecule has 18 aliphatic rings. The fraction of sp³-hybridized carbons (Fsp3) is 0.286. The normalized spacial score (nSPS) is 16.0. The van der Waals surface area contributed by atoms with E-state index in [1.165, 1.54) is 90.4 Å². The Bertz CT molecular complexity index is 4570.